The Kier molecular flexibility index (Phi) is 3.55. The van der Waals surface area contributed by atoms with Gasteiger partial charge in [-0.25, -0.2) is 0 Å². The number of hydrogen-bond acceptors (Lipinski definition) is 2. The van der Waals surface area contributed by atoms with Crippen LogP contribution in [0.4, 0.5) is 5.69 Å². The molecule has 0 aromatic heterocycles. The number of halogens is 1. The number of hydrogen-bond donors (Lipinski definition) is 2. The minimum Gasteiger partial charge on any atom is -0.396 e. The molecule has 1 aliphatic rings. The maximum Gasteiger partial charge on any atom is 0.0504 e. The average molecular weight is 284 g/mol. The van der Waals surface area contributed by atoms with E-state index < -0.39 is 0 Å². The number of rotatable bonds is 4. The highest BCUT2D eigenvalue weighted by Crippen LogP contribution is 2.40. The van der Waals surface area contributed by atoms with Gasteiger partial charge in [0.25, 0.3) is 0 Å². The molecule has 1 saturated carbocycles. The Hall–Kier alpha value is -0.540. The number of aliphatic hydroxyl groups excluding tert-OH is 1. The first kappa shape index (κ1) is 11.9. The van der Waals surface area contributed by atoms with Crippen molar-refractivity contribution in [2.75, 3.05) is 18.5 Å². The van der Waals surface area contributed by atoms with E-state index in [-0.39, 0.29) is 5.41 Å². The van der Waals surface area contributed by atoms with Crippen molar-refractivity contribution in [1.82, 2.24) is 0 Å². The molecule has 1 fully saturated rings. The maximum absolute atomic E-state index is 9.39. The highest BCUT2D eigenvalue weighted by atomic mass is 79.9. The van der Waals surface area contributed by atoms with Gasteiger partial charge in [-0.1, -0.05) is 28.4 Å². The number of nitrogens with one attached hydrogen (secondary N) is 1. The standard InChI is InChI=1S/C13H18BrNO/c1-10-3-4-11(14)7-12(10)15-8-13(9-16)5-2-6-13/h3-4,7,15-16H,2,5-6,8-9H2,1H3. The van der Waals surface area contributed by atoms with Gasteiger partial charge in [0.05, 0.1) is 6.61 Å². The summed E-state index contributed by atoms with van der Waals surface area (Å²) >= 11 is 3.48. The highest BCUT2D eigenvalue weighted by molar-refractivity contribution is 9.10. The van der Waals surface area contributed by atoms with Crippen molar-refractivity contribution in [1.29, 1.82) is 0 Å². The van der Waals surface area contributed by atoms with Crippen molar-refractivity contribution in [2.45, 2.75) is 26.2 Å². The summed E-state index contributed by atoms with van der Waals surface area (Å²) in [5.41, 5.74) is 2.54. The third kappa shape index (κ3) is 2.41. The quantitative estimate of drug-likeness (QED) is 0.889. The maximum atomic E-state index is 9.39. The molecule has 0 amide bonds. The first-order valence-corrected chi connectivity index (χ1v) is 6.55. The molecule has 1 aliphatic carbocycles. The van der Waals surface area contributed by atoms with Gasteiger partial charge in [-0.3, -0.25) is 0 Å². The summed E-state index contributed by atoms with van der Waals surface area (Å²) in [4.78, 5) is 0. The van der Waals surface area contributed by atoms with Gasteiger partial charge in [0.2, 0.25) is 0 Å². The molecule has 0 radical (unpaired) electrons. The second-order valence-electron chi connectivity index (χ2n) is 4.82. The molecular formula is C13H18BrNO. The molecule has 0 aliphatic heterocycles. The minimum atomic E-state index is 0.134. The molecule has 0 heterocycles. The summed E-state index contributed by atoms with van der Waals surface area (Å²) in [5.74, 6) is 0. The SMILES string of the molecule is Cc1ccc(Br)cc1NCC1(CO)CCC1. The molecule has 0 saturated heterocycles. The summed E-state index contributed by atoms with van der Waals surface area (Å²) in [6.07, 6.45) is 3.53. The Balaban J connectivity index is 2.01. The van der Waals surface area contributed by atoms with E-state index in [1.54, 1.807) is 0 Å². The topological polar surface area (TPSA) is 32.3 Å². The largest absolute Gasteiger partial charge is 0.396 e. The van der Waals surface area contributed by atoms with Crippen LogP contribution in [-0.4, -0.2) is 18.3 Å². The van der Waals surface area contributed by atoms with Crippen molar-refractivity contribution < 1.29 is 5.11 Å². The molecule has 2 rings (SSSR count). The van der Waals surface area contributed by atoms with Crippen LogP contribution in [0.3, 0.4) is 0 Å². The fourth-order valence-electron chi connectivity index (χ4n) is 2.13. The van der Waals surface area contributed by atoms with Crippen LogP contribution >= 0.6 is 15.9 Å². The second-order valence-corrected chi connectivity index (χ2v) is 5.74. The Morgan fingerprint density at radius 3 is 2.75 bits per heavy atom. The number of anilines is 1. The van der Waals surface area contributed by atoms with Crippen LogP contribution < -0.4 is 5.32 Å². The molecule has 16 heavy (non-hydrogen) atoms. The molecule has 2 N–H and O–H groups in total. The van der Waals surface area contributed by atoms with Crippen molar-refractivity contribution >= 4 is 21.6 Å². The van der Waals surface area contributed by atoms with Gasteiger partial charge >= 0.3 is 0 Å². The smallest absolute Gasteiger partial charge is 0.0504 e. The van der Waals surface area contributed by atoms with Gasteiger partial charge < -0.3 is 10.4 Å². The van der Waals surface area contributed by atoms with Gasteiger partial charge in [0.15, 0.2) is 0 Å². The lowest BCUT2D eigenvalue weighted by Gasteiger charge is -2.40. The van der Waals surface area contributed by atoms with Crippen LogP contribution in [0.2, 0.25) is 0 Å². The Labute approximate surface area is 105 Å². The number of aryl methyl sites for hydroxylation is 1. The molecule has 0 spiro atoms. The molecule has 0 atom stereocenters. The van der Waals surface area contributed by atoms with Crippen molar-refractivity contribution in [3.8, 4) is 0 Å². The molecule has 1 aromatic rings. The Morgan fingerprint density at radius 1 is 1.44 bits per heavy atom. The first-order chi connectivity index (χ1) is 7.65. The summed E-state index contributed by atoms with van der Waals surface area (Å²) in [5, 5.41) is 12.8. The van der Waals surface area contributed by atoms with Gasteiger partial charge in [-0.2, -0.15) is 0 Å². The lowest BCUT2D eigenvalue weighted by Crippen LogP contribution is -2.39. The van der Waals surface area contributed by atoms with Crippen molar-refractivity contribution in [2.24, 2.45) is 5.41 Å². The van der Waals surface area contributed by atoms with Gasteiger partial charge in [-0.15, -0.1) is 0 Å². The zero-order valence-corrected chi connectivity index (χ0v) is 11.2. The summed E-state index contributed by atoms with van der Waals surface area (Å²) in [6.45, 7) is 3.27. The predicted molar refractivity (Wildman–Crippen MR) is 70.7 cm³/mol. The van der Waals surface area contributed by atoms with E-state index in [1.165, 1.54) is 12.0 Å². The number of benzene rings is 1. The van der Waals surface area contributed by atoms with Gasteiger partial charge in [0.1, 0.15) is 0 Å². The zero-order valence-electron chi connectivity index (χ0n) is 9.59. The Bertz CT molecular complexity index is 369. The molecule has 0 unspecified atom stereocenters. The van der Waals surface area contributed by atoms with Crippen LogP contribution in [0.5, 0.6) is 0 Å². The molecule has 88 valence electrons. The van der Waals surface area contributed by atoms with Gasteiger partial charge in [0, 0.05) is 22.1 Å². The van der Waals surface area contributed by atoms with E-state index in [0.717, 1.165) is 29.5 Å². The van der Waals surface area contributed by atoms with E-state index in [4.69, 9.17) is 0 Å². The molecular weight excluding hydrogens is 266 g/mol. The minimum absolute atomic E-state index is 0.134. The van der Waals surface area contributed by atoms with Crippen LogP contribution in [-0.2, 0) is 0 Å². The monoisotopic (exact) mass is 283 g/mol. The zero-order chi connectivity index (χ0) is 11.6. The van der Waals surface area contributed by atoms with E-state index in [1.807, 2.05) is 6.07 Å². The van der Waals surface area contributed by atoms with Gasteiger partial charge in [-0.05, 0) is 37.5 Å². The lowest BCUT2D eigenvalue weighted by atomic mass is 9.69. The normalized spacial score (nSPS) is 17.9. The fourth-order valence-corrected chi connectivity index (χ4v) is 2.50. The Morgan fingerprint density at radius 2 is 2.19 bits per heavy atom. The second kappa shape index (κ2) is 4.76. The molecule has 2 nitrogen and oxygen atoms in total. The summed E-state index contributed by atoms with van der Waals surface area (Å²) < 4.78 is 1.09. The van der Waals surface area contributed by atoms with E-state index in [0.29, 0.717) is 6.61 Å². The van der Waals surface area contributed by atoms with E-state index in [2.05, 4.69) is 40.3 Å². The molecule has 0 bridgehead atoms. The van der Waals surface area contributed by atoms with Crippen LogP contribution in [0.1, 0.15) is 24.8 Å². The van der Waals surface area contributed by atoms with Crippen molar-refractivity contribution in [3.63, 3.8) is 0 Å². The van der Waals surface area contributed by atoms with Crippen molar-refractivity contribution in [3.05, 3.63) is 28.2 Å². The predicted octanol–water partition coefficient (Wildman–Crippen LogP) is 3.33. The third-order valence-corrected chi connectivity index (χ3v) is 4.10. The summed E-state index contributed by atoms with van der Waals surface area (Å²) in [6, 6.07) is 6.24. The van der Waals surface area contributed by atoms with E-state index >= 15 is 0 Å². The van der Waals surface area contributed by atoms with E-state index in [9.17, 15) is 5.11 Å². The summed E-state index contributed by atoms with van der Waals surface area (Å²) in [7, 11) is 0. The third-order valence-electron chi connectivity index (χ3n) is 3.60. The fraction of sp³-hybridized carbons (Fsp3) is 0.538. The highest BCUT2D eigenvalue weighted by Gasteiger charge is 2.35. The molecule has 3 heteroatoms. The van der Waals surface area contributed by atoms with Crippen LogP contribution in [0.15, 0.2) is 22.7 Å². The number of aliphatic hydroxyl groups is 1. The lowest BCUT2D eigenvalue weighted by molar-refractivity contribution is 0.0576. The molecule has 1 aromatic carbocycles. The van der Waals surface area contributed by atoms with Crippen LogP contribution in [0.25, 0.3) is 0 Å². The van der Waals surface area contributed by atoms with Crippen LogP contribution in [0, 0.1) is 12.3 Å². The first-order valence-electron chi connectivity index (χ1n) is 5.76. The average Bonchev–Trinajstić information content (AvgIpc) is 2.22.